The smallest absolute Gasteiger partial charge is 0.329 e. The van der Waals surface area contributed by atoms with Gasteiger partial charge in [-0.2, -0.15) is 0 Å². The summed E-state index contributed by atoms with van der Waals surface area (Å²) in [5.41, 5.74) is -0.955. The van der Waals surface area contributed by atoms with Crippen molar-refractivity contribution in [2.45, 2.75) is 37.6 Å². The summed E-state index contributed by atoms with van der Waals surface area (Å²) in [6, 6.07) is 0. The number of carboxylic acid groups (broad SMARTS) is 1. The van der Waals surface area contributed by atoms with Gasteiger partial charge in [-0.1, -0.05) is 0 Å². The Kier molecular flexibility index (Phi) is 3.14. The number of rotatable bonds is 4. The lowest BCUT2D eigenvalue weighted by atomic mass is 9.76. The lowest BCUT2D eigenvalue weighted by Gasteiger charge is -2.38. The molecule has 16 heavy (non-hydrogen) atoms. The zero-order chi connectivity index (χ0) is 11.6. The van der Waals surface area contributed by atoms with Gasteiger partial charge < -0.3 is 15.7 Å². The Morgan fingerprint density at radius 3 is 2.62 bits per heavy atom. The number of carboxylic acids is 1. The summed E-state index contributed by atoms with van der Waals surface area (Å²) in [5, 5.41) is 15.0. The summed E-state index contributed by atoms with van der Waals surface area (Å²) in [6.45, 7) is 1.83. The third kappa shape index (κ3) is 2.19. The molecule has 2 fully saturated rings. The van der Waals surface area contributed by atoms with Crippen LogP contribution in [0.25, 0.3) is 0 Å². The van der Waals surface area contributed by atoms with E-state index in [0.29, 0.717) is 25.2 Å². The third-order valence-electron chi connectivity index (χ3n) is 3.63. The van der Waals surface area contributed by atoms with Crippen LogP contribution in [-0.4, -0.2) is 35.6 Å². The van der Waals surface area contributed by atoms with Gasteiger partial charge in [0, 0.05) is 6.42 Å². The molecule has 1 saturated carbocycles. The van der Waals surface area contributed by atoms with Crippen LogP contribution in [0.1, 0.15) is 32.1 Å². The maximum absolute atomic E-state index is 11.7. The van der Waals surface area contributed by atoms with Crippen molar-refractivity contribution < 1.29 is 14.7 Å². The first-order chi connectivity index (χ1) is 7.62. The highest BCUT2D eigenvalue weighted by atomic mass is 16.4. The standard InChI is InChI=1S/C11H18N2O3/c14-9(6-8-2-5-12-7-8)13-11(10(15)16)3-1-4-11/h8,12H,1-7H2,(H,13,14)(H,15,16). The predicted molar refractivity (Wildman–Crippen MR) is 58.0 cm³/mol. The molecule has 1 atom stereocenters. The second-order valence-corrected chi connectivity index (χ2v) is 4.85. The molecular formula is C11H18N2O3. The topological polar surface area (TPSA) is 78.4 Å². The van der Waals surface area contributed by atoms with E-state index in [-0.39, 0.29) is 5.91 Å². The summed E-state index contributed by atoms with van der Waals surface area (Å²) in [4.78, 5) is 22.8. The van der Waals surface area contributed by atoms with Crippen molar-refractivity contribution in [2.24, 2.45) is 5.92 Å². The zero-order valence-electron chi connectivity index (χ0n) is 9.29. The molecule has 90 valence electrons. The van der Waals surface area contributed by atoms with Gasteiger partial charge >= 0.3 is 5.97 Å². The van der Waals surface area contributed by atoms with Crippen molar-refractivity contribution in [2.75, 3.05) is 13.1 Å². The molecule has 5 nitrogen and oxygen atoms in total. The molecule has 1 unspecified atom stereocenters. The summed E-state index contributed by atoms with van der Waals surface area (Å²) < 4.78 is 0. The number of hydrogen-bond acceptors (Lipinski definition) is 3. The summed E-state index contributed by atoms with van der Waals surface area (Å²) in [6.07, 6.45) is 3.47. The van der Waals surface area contributed by atoms with Gasteiger partial charge in [-0.3, -0.25) is 4.79 Å². The van der Waals surface area contributed by atoms with E-state index in [2.05, 4.69) is 10.6 Å². The first-order valence-electron chi connectivity index (χ1n) is 5.87. The second-order valence-electron chi connectivity index (χ2n) is 4.85. The van der Waals surface area contributed by atoms with E-state index in [4.69, 9.17) is 5.11 Å². The fraction of sp³-hybridized carbons (Fsp3) is 0.818. The van der Waals surface area contributed by atoms with Crippen molar-refractivity contribution >= 4 is 11.9 Å². The normalized spacial score (nSPS) is 27.1. The highest BCUT2D eigenvalue weighted by Crippen LogP contribution is 2.32. The summed E-state index contributed by atoms with van der Waals surface area (Å²) in [7, 11) is 0. The van der Waals surface area contributed by atoms with E-state index in [1.54, 1.807) is 0 Å². The van der Waals surface area contributed by atoms with Crippen LogP contribution in [-0.2, 0) is 9.59 Å². The predicted octanol–water partition coefficient (Wildman–Crippen LogP) is 0.109. The molecule has 0 aromatic heterocycles. The number of carbonyl (C=O) groups is 2. The minimum Gasteiger partial charge on any atom is -0.480 e. The molecule has 0 radical (unpaired) electrons. The van der Waals surface area contributed by atoms with Gasteiger partial charge in [0.05, 0.1) is 0 Å². The molecule has 5 heteroatoms. The van der Waals surface area contributed by atoms with Crippen LogP contribution in [0.3, 0.4) is 0 Å². The van der Waals surface area contributed by atoms with Gasteiger partial charge in [-0.25, -0.2) is 4.79 Å². The molecule has 1 saturated heterocycles. The molecule has 3 N–H and O–H groups in total. The molecular weight excluding hydrogens is 208 g/mol. The fourth-order valence-corrected chi connectivity index (χ4v) is 2.39. The molecule has 1 aliphatic carbocycles. The molecule has 0 aromatic rings. The fourth-order valence-electron chi connectivity index (χ4n) is 2.39. The number of amides is 1. The van der Waals surface area contributed by atoms with Crippen molar-refractivity contribution in [3.63, 3.8) is 0 Å². The van der Waals surface area contributed by atoms with Gasteiger partial charge in [-0.15, -0.1) is 0 Å². The largest absolute Gasteiger partial charge is 0.480 e. The van der Waals surface area contributed by atoms with Crippen LogP contribution in [0.2, 0.25) is 0 Å². The van der Waals surface area contributed by atoms with Crippen LogP contribution in [0.15, 0.2) is 0 Å². The van der Waals surface area contributed by atoms with Gasteiger partial charge in [0.15, 0.2) is 0 Å². The minimum absolute atomic E-state index is 0.115. The highest BCUT2D eigenvalue weighted by Gasteiger charge is 2.45. The van der Waals surface area contributed by atoms with Crippen LogP contribution in [0.5, 0.6) is 0 Å². The summed E-state index contributed by atoms with van der Waals surface area (Å²) >= 11 is 0. The Morgan fingerprint density at radius 2 is 2.19 bits per heavy atom. The maximum atomic E-state index is 11.7. The van der Waals surface area contributed by atoms with Crippen molar-refractivity contribution in [1.82, 2.24) is 10.6 Å². The van der Waals surface area contributed by atoms with E-state index in [1.165, 1.54) is 0 Å². The Hall–Kier alpha value is -1.10. The maximum Gasteiger partial charge on any atom is 0.329 e. The van der Waals surface area contributed by atoms with Gasteiger partial charge in [0.25, 0.3) is 0 Å². The van der Waals surface area contributed by atoms with Crippen LogP contribution in [0.4, 0.5) is 0 Å². The number of carbonyl (C=O) groups excluding carboxylic acids is 1. The first-order valence-corrected chi connectivity index (χ1v) is 5.87. The van der Waals surface area contributed by atoms with Crippen molar-refractivity contribution in [1.29, 1.82) is 0 Å². The lowest BCUT2D eigenvalue weighted by molar-refractivity contribution is -0.151. The van der Waals surface area contributed by atoms with Gasteiger partial charge in [-0.05, 0) is 44.7 Å². The SMILES string of the molecule is O=C(CC1CCNC1)NC1(C(=O)O)CCC1. The highest BCUT2D eigenvalue weighted by molar-refractivity contribution is 5.87. The van der Waals surface area contributed by atoms with E-state index >= 15 is 0 Å². The molecule has 2 aliphatic rings. The Balaban J connectivity index is 1.83. The van der Waals surface area contributed by atoms with E-state index in [1.807, 2.05) is 0 Å². The molecule has 0 spiro atoms. The van der Waals surface area contributed by atoms with Crippen molar-refractivity contribution in [3.8, 4) is 0 Å². The number of nitrogens with one attached hydrogen (secondary N) is 2. The molecule has 0 aromatic carbocycles. The lowest BCUT2D eigenvalue weighted by Crippen LogP contribution is -2.59. The molecule has 1 amide bonds. The van der Waals surface area contributed by atoms with Crippen LogP contribution in [0, 0.1) is 5.92 Å². The van der Waals surface area contributed by atoms with Gasteiger partial charge in [0.2, 0.25) is 5.91 Å². The quantitative estimate of drug-likeness (QED) is 0.635. The number of hydrogen-bond donors (Lipinski definition) is 3. The monoisotopic (exact) mass is 226 g/mol. The minimum atomic E-state index is -0.955. The van der Waals surface area contributed by atoms with Crippen molar-refractivity contribution in [3.05, 3.63) is 0 Å². The first kappa shape index (κ1) is 11.4. The molecule has 1 aliphatic heterocycles. The van der Waals surface area contributed by atoms with Crippen LogP contribution < -0.4 is 10.6 Å². The Bertz CT molecular complexity index is 294. The van der Waals surface area contributed by atoms with E-state index < -0.39 is 11.5 Å². The zero-order valence-corrected chi connectivity index (χ0v) is 9.29. The third-order valence-corrected chi connectivity index (χ3v) is 3.63. The molecule has 2 rings (SSSR count). The second kappa shape index (κ2) is 4.41. The molecule has 1 heterocycles. The molecule has 0 bridgehead atoms. The van der Waals surface area contributed by atoms with Crippen LogP contribution >= 0.6 is 0 Å². The Morgan fingerprint density at radius 1 is 1.44 bits per heavy atom. The van der Waals surface area contributed by atoms with Gasteiger partial charge in [0.1, 0.15) is 5.54 Å². The summed E-state index contributed by atoms with van der Waals surface area (Å²) in [5.74, 6) is -0.640. The average Bonchev–Trinajstić information content (AvgIpc) is 2.63. The van der Waals surface area contributed by atoms with E-state index in [0.717, 1.165) is 25.9 Å². The average molecular weight is 226 g/mol. The van der Waals surface area contributed by atoms with E-state index in [9.17, 15) is 9.59 Å². The number of aliphatic carboxylic acids is 1. The Labute approximate surface area is 94.6 Å².